The molecule has 1 rings (SSSR count). The minimum atomic E-state index is -5.29. The van der Waals surface area contributed by atoms with Crippen LogP contribution in [0.4, 0.5) is 13.2 Å². The zero-order valence-corrected chi connectivity index (χ0v) is 70.3. The summed E-state index contributed by atoms with van der Waals surface area (Å²) in [5.41, 5.74) is 0.766. The molecule has 628 valence electrons. The number of hydrogen-bond donors (Lipinski definition) is 12. The van der Waals surface area contributed by atoms with Gasteiger partial charge in [0.05, 0.1) is 0 Å². The van der Waals surface area contributed by atoms with E-state index in [0.29, 0.717) is 0 Å². The SMILES string of the molecule is CC(C)C[C@H](NC(=O)[C@H](CC(C)C)NC(=O)[C@H](CC(C)C)NC(=O)[C@H](CC(C)C)NC(=O)[C@H](CC(C)C)NC(=O)[C@H](CC(C)C)NC(=O)C(F)(F)F)C(=O)N[C@@H](CC(C)C)C(=O)N[C@@H](CC(C)C)C(=O)N[C@@H](CC(C)C)C(=O)N[C@@H](CC(C)C)C(=O)N[C@@H](CC(C)C)C(=O)N[C@@H](CC(C)C)C(=O)OCc1ccccc1. The molecular weight excluding hydrogens is 1420 g/mol. The highest BCUT2D eigenvalue weighted by atomic mass is 19.4. The molecule has 1 aromatic carbocycles. The van der Waals surface area contributed by atoms with Crippen LogP contribution in [0.15, 0.2) is 30.3 Å². The van der Waals surface area contributed by atoms with Gasteiger partial charge in [0.25, 0.3) is 0 Å². The summed E-state index contributed by atoms with van der Waals surface area (Å²) in [4.78, 5) is 184. The van der Waals surface area contributed by atoms with Gasteiger partial charge in [-0.2, -0.15) is 13.2 Å². The topological polar surface area (TPSA) is 375 Å². The second-order valence-corrected chi connectivity index (χ2v) is 34.8. The number of carbonyl (C=O) groups excluding carboxylic acids is 13. The number of esters is 1. The molecule has 0 heterocycles. The first-order valence-corrected chi connectivity index (χ1v) is 39.8. The molecule has 110 heavy (non-hydrogen) atoms. The van der Waals surface area contributed by atoms with E-state index in [9.17, 15) is 75.5 Å². The van der Waals surface area contributed by atoms with Gasteiger partial charge in [-0.15, -0.1) is 0 Å². The molecular formula is C81H139F3N12O14. The fraction of sp³-hybridized carbons (Fsp3) is 0.765. The fourth-order valence-electron chi connectivity index (χ4n) is 12.5. The van der Waals surface area contributed by atoms with Gasteiger partial charge in [-0.3, -0.25) is 57.5 Å². The molecule has 1 aromatic rings. The number of benzene rings is 1. The second-order valence-electron chi connectivity index (χ2n) is 34.8. The average molecular weight is 1560 g/mol. The number of amides is 12. The van der Waals surface area contributed by atoms with Crippen LogP contribution in [-0.2, 0) is 73.7 Å². The lowest BCUT2D eigenvalue weighted by Crippen LogP contribution is -2.61. The average Bonchev–Trinajstić information content (AvgIpc) is 0.854. The Morgan fingerprint density at radius 1 is 0.245 bits per heavy atom. The summed E-state index contributed by atoms with van der Waals surface area (Å²) < 4.78 is 45.7. The minimum absolute atomic E-state index is 0.00497. The highest BCUT2D eigenvalue weighted by molar-refractivity contribution is 6.00. The van der Waals surface area contributed by atoms with Gasteiger partial charge in [0.2, 0.25) is 65.0 Å². The van der Waals surface area contributed by atoms with Crippen molar-refractivity contribution in [3.63, 3.8) is 0 Å². The first kappa shape index (κ1) is 100. The number of halogens is 3. The van der Waals surface area contributed by atoms with Gasteiger partial charge in [-0.05, 0) is 154 Å². The molecule has 26 nitrogen and oxygen atoms in total. The van der Waals surface area contributed by atoms with Gasteiger partial charge in [0.15, 0.2) is 0 Å². The molecule has 0 aromatic heterocycles. The molecule has 12 N–H and O–H groups in total. The van der Waals surface area contributed by atoms with Crippen LogP contribution in [0.2, 0.25) is 0 Å². The van der Waals surface area contributed by atoms with E-state index in [4.69, 9.17) is 4.74 Å². The van der Waals surface area contributed by atoms with Crippen LogP contribution in [0, 0.1) is 71.0 Å². The molecule has 0 aliphatic heterocycles. The van der Waals surface area contributed by atoms with E-state index in [1.54, 1.807) is 60.7 Å². The quantitative estimate of drug-likeness (QED) is 0.0272. The Morgan fingerprint density at radius 2 is 0.391 bits per heavy atom. The Labute approximate surface area is 653 Å². The summed E-state index contributed by atoms with van der Waals surface area (Å²) in [5, 5.41) is 32.4. The van der Waals surface area contributed by atoms with Crippen molar-refractivity contribution >= 4 is 76.9 Å². The van der Waals surface area contributed by atoms with Crippen LogP contribution in [0.25, 0.3) is 0 Å². The second kappa shape index (κ2) is 49.5. The molecule has 0 aliphatic carbocycles. The molecule has 12 amide bonds. The Hall–Kier alpha value is -7.88. The number of alkyl halides is 3. The first-order chi connectivity index (χ1) is 50.9. The third-order valence-electron chi connectivity index (χ3n) is 17.5. The van der Waals surface area contributed by atoms with Crippen LogP contribution < -0.4 is 63.8 Å². The molecule has 0 aliphatic rings. The Kier molecular flexibility index (Phi) is 45.0. The van der Waals surface area contributed by atoms with E-state index >= 15 is 0 Å². The summed E-state index contributed by atoms with van der Waals surface area (Å²) in [5.74, 6) is -13.6. The van der Waals surface area contributed by atoms with Crippen molar-refractivity contribution in [2.45, 2.75) is 329 Å². The lowest BCUT2D eigenvalue weighted by atomic mass is 9.97. The van der Waals surface area contributed by atoms with E-state index in [2.05, 4.69) is 58.5 Å². The number of rotatable bonds is 50. The Balaban J connectivity index is 3.63. The van der Waals surface area contributed by atoms with Crippen molar-refractivity contribution in [3.05, 3.63) is 35.9 Å². The summed E-state index contributed by atoms with van der Waals surface area (Å²) in [7, 11) is 0. The highest BCUT2D eigenvalue weighted by Crippen LogP contribution is 2.21. The molecule has 0 unspecified atom stereocenters. The predicted molar refractivity (Wildman–Crippen MR) is 419 cm³/mol. The Morgan fingerprint density at radius 3 is 0.545 bits per heavy atom. The monoisotopic (exact) mass is 1560 g/mol. The predicted octanol–water partition coefficient (Wildman–Crippen LogP) is 8.66. The maximum Gasteiger partial charge on any atom is 0.471 e. The van der Waals surface area contributed by atoms with Gasteiger partial charge in [0, 0.05) is 0 Å². The lowest BCUT2D eigenvalue weighted by Gasteiger charge is -2.30. The van der Waals surface area contributed by atoms with E-state index < -0.39 is 156 Å². The highest BCUT2D eigenvalue weighted by Gasteiger charge is 2.43. The summed E-state index contributed by atoms with van der Waals surface area (Å²) in [6.07, 6.45) is -4.41. The van der Waals surface area contributed by atoms with Gasteiger partial charge >= 0.3 is 18.1 Å². The zero-order valence-electron chi connectivity index (χ0n) is 70.3. The van der Waals surface area contributed by atoms with E-state index in [-0.39, 0.29) is 155 Å². The molecule has 0 radical (unpaired) electrons. The largest absolute Gasteiger partial charge is 0.471 e. The zero-order chi connectivity index (χ0) is 84.4. The third-order valence-corrected chi connectivity index (χ3v) is 17.5. The molecule has 12 atom stereocenters. The van der Waals surface area contributed by atoms with Gasteiger partial charge in [-0.25, -0.2) is 4.79 Å². The standard InChI is InChI=1S/C81H139F3N12O14/c1-43(2)30-56(86-70(99)58(32-45(5)6)88-72(101)60(34-47(9)10)90-74(103)62(36-49(13)14)92-76(105)64(38-51(17)18)94-78(107)66(40-53(21)22)96-80(109)81(82,83)84)68(97)85-57(31-44(3)4)69(98)87-59(33-46(7)8)71(100)89-61(35-48(11)12)73(102)91-63(37-50(15)16)75(104)93-65(39-52(19)20)77(106)95-67(41-54(23)24)79(108)110-42-55-28-26-25-27-29-55/h25-29,43-54,56-67H,30-42H2,1-24H3,(H,85,97)(H,86,99)(H,87,98)(H,88,101)(H,89,100)(H,90,103)(H,91,102)(H,92,105)(H,93,104)(H,94,107)(H,95,106)(H,96,109)/t56-,57-,58-,59-,60-,61-,62-,63-,64-,65-,66-,67-/m0/s1. The minimum Gasteiger partial charge on any atom is -0.459 e. The summed E-state index contributed by atoms with van der Waals surface area (Å²) in [6, 6.07) is -6.15. The molecule has 0 bridgehead atoms. The lowest BCUT2D eigenvalue weighted by molar-refractivity contribution is -0.174. The van der Waals surface area contributed by atoms with Crippen molar-refractivity contribution in [3.8, 4) is 0 Å². The molecule has 0 saturated carbocycles. The summed E-state index contributed by atoms with van der Waals surface area (Å²) in [6.45, 7) is 43.6. The number of hydrogen-bond acceptors (Lipinski definition) is 14. The first-order valence-electron chi connectivity index (χ1n) is 39.8. The van der Waals surface area contributed by atoms with E-state index in [1.807, 2.05) is 141 Å². The van der Waals surface area contributed by atoms with Crippen molar-refractivity contribution in [2.24, 2.45) is 71.0 Å². The molecule has 0 spiro atoms. The number of carbonyl (C=O) groups is 13. The van der Waals surface area contributed by atoms with Gasteiger partial charge in [-0.1, -0.05) is 197 Å². The van der Waals surface area contributed by atoms with Crippen LogP contribution in [-0.4, -0.2) is 156 Å². The molecule has 0 fully saturated rings. The van der Waals surface area contributed by atoms with Crippen molar-refractivity contribution in [1.29, 1.82) is 0 Å². The maximum absolute atomic E-state index is 14.7. The third kappa shape index (κ3) is 40.9. The van der Waals surface area contributed by atoms with Crippen LogP contribution >= 0.6 is 0 Å². The van der Waals surface area contributed by atoms with Gasteiger partial charge < -0.3 is 68.5 Å². The Bertz CT molecular complexity index is 3090. The number of ether oxygens (including phenoxy) is 1. The number of nitrogens with one attached hydrogen (secondary N) is 12. The van der Waals surface area contributed by atoms with Crippen LogP contribution in [0.1, 0.15) is 249 Å². The summed E-state index contributed by atoms with van der Waals surface area (Å²) >= 11 is 0. The van der Waals surface area contributed by atoms with Crippen molar-refractivity contribution in [2.75, 3.05) is 0 Å². The van der Waals surface area contributed by atoms with Crippen LogP contribution in [0.3, 0.4) is 0 Å². The molecule has 0 saturated heterocycles. The van der Waals surface area contributed by atoms with Crippen molar-refractivity contribution < 1.29 is 80.2 Å². The molecule has 29 heteroatoms. The smallest absolute Gasteiger partial charge is 0.459 e. The van der Waals surface area contributed by atoms with Crippen LogP contribution in [0.5, 0.6) is 0 Å². The van der Waals surface area contributed by atoms with Crippen molar-refractivity contribution in [1.82, 2.24) is 63.8 Å². The maximum atomic E-state index is 14.7. The normalized spacial score (nSPS) is 15.3. The van der Waals surface area contributed by atoms with E-state index in [1.165, 1.54) is 0 Å². The fourth-order valence-corrected chi connectivity index (χ4v) is 12.5. The van der Waals surface area contributed by atoms with Gasteiger partial charge in [0.1, 0.15) is 79.1 Å². The van der Waals surface area contributed by atoms with E-state index in [0.717, 1.165) is 5.56 Å².